The highest BCUT2D eigenvalue weighted by atomic mass is 35.5. The van der Waals surface area contributed by atoms with Crippen LogP contribution in [-0.2, 0) is 0 Å². The number of rotatable bonds is 7. The molecule has 5 nitrogen and oxygen atoms in total. The molecule has 0 radical (unpaired) electrons. The predicted octanol–water partition coefficient (Wildman–Crippen LogP) is 4.60. The number of amides is 1. The Morgan fingerprint density at radius 3 is 2.67 bits per heavy atom. The number of carbonyl (C=O) groups excluding carboxylic acids is 1. The zero-order chi connectivity index (χ0) is 17.5. The van der Waals surface area contributed by atoms with Crippen molar-refractivity contribution in [1.29, 1.82) is 0 Å². The Labute approximate surface area is 147 Å². The molecule has 2 aromatic rings. The summed E-state index contributed by atoms with van der Waals surface area (Å²) in [5.74, 6) is 0.204. The van der Waals surface area contributed by atoms with Gasteiger partial charge >= 0.3 is 0 Å². The number of aryl methyl sites for hydroxylation is 2. The quantitative estimate of drug-likeness (QED) is 0.719. The first kappa shape index (κ1) is 18.2. The number of hydrogen-bond donors (Lipinski definition) is 2. The highest BCUT2D eigenvalue weighted by molar-refractivity contribution is 6.31. The van der Waals surface area contributed by atoms with Gasteiger partial charge in [0.05, 0.1) is 0 Å². The molecule has 1 aromatic carbocycles. The van der Waals surface area contributed by atoms with Gasteiger partial charge in [-0.3, -0.25) is 4.79 Å². The number of carbonyl (C=O) groups is 1. The third-order valence-corrected chi connectivity index (χ3v) is 3.99. The third kappa shape index (κ3) is 5.20. The lowest BCUT2D eigenvalue weighted by molar-refractivity contribution is 0.102. The molecule has 0 aliphatic rings. The number of halogens is 1. The first-order chi connectivity index (χ1) is 11.5. The monoisotopic (exact) mass is 346 g/mol. The van der Waals surface area contributed by atoms with Crippen LogP contribution < -0.4 is 10.6 Å². The summed E-state index contributed by atoms with van der Waals surface area (Å²) < 4.78 is 0. The smallest absolute Gasteiger partial charge is 0.274 e. The number of nitrogens with one attached hydrogen (secondary N) is 2. The second-order valence-corrected chi connectivity index (χ2v) is 6.18. The Bertz CT molecular complexity index is 718. The first-order valence-corrected chi connectivity index (χ1v) is 8.54. The topological polar surface area (TPSA) is 66.9 Å². The zero-order valence-electron chi connectivity index (χ0n) is 14.3. The summed E-state index contributed by atoms with van der Waals surface area (Å²) in [6, 6.07) is 7.08. The van der Waals surface area contributed by atoms with Crippen LogP contribution in [0.2, 0.25) is 5.02 Å². The Balaban J connectivity index is 2.07. The van der Waals surface area contributed by atoms with Gasteiger partial charge in [-0.1, -0.05) is 37.4 Å². The van der Waals surface area contributed by atoms with E-state index in [0.717, 1.165) is 37.1 Å². The van der Waals surface area contributed by atoms with Crippen molar-refractivity contribution in [2.75, 3.05) is 17.2 Å². The van der Waals surface area contributed by atoms with Crippen molar-refractivity contribution in [3.8, 4) is 0 Å². The standard InChI is InChI=1S/C18H23ClN4O/c1-4-5-6-9-20-18-21-13(3)10-16(23-18)17(24)22-14-8-7-12(2)15(19)11-14/h7-8,10-11H,4-6,9H2,1-3H3,(H,22,24)(H,20,21,23). The fourth-order valence-electron chi connectivity index (χ4n) is 2.20. The molecule has 0 atom stereocenters. The molecule has 0 saturated heterocycles. The van der Waals surface area contributed by atoms with Crippen LogP contribution in [0.1, 0.15) is 47.9 Å². The average Bonchev–Trinajstić information content (AvgIpc) is 2.54. The maximum Gasteiger partial charge on any atom is 0.274 e. The summed E-state index contributed by atoms with van der Waals surface area (Å²) in [5.41, 5.74) is 2.68. The van der Waals surface area contributed by atoms with E-state index in [1.165, 1.54) is 0 Å². The lowest BCUT2D eigenvalue weighted by Crippen LogP contribution is -2.16. The Morgan fingerprint density at radius 2 is 1.96 bits per heavy atom. The number of hydrogen-bond acceptors (Lipinski definition) is 4. The van der Waals surface area contributed by atoms with E-state index in [1.807, 2.05) is 26.0 Å². The molecule has 2 N–H and O–H groups in total. The van der Waals surface area contributed by atoms with Crippen molar-refractivity contribution in [3.63, 3.8) is 0 Å². The number of anilines is 2. The molecule has 128 valence electrons. The van der Waals surface area contributed by atoms with Gasteiger partial charge in [0.15, 0.2) is 0 Å². The van der Waals surface area contributed by atoms with Gasteiger partial charge in [0.2, 0.25) is 5.95 Å². The van der Waals surface area contributed by atoms with Gasteiger partial charge in [0.1, 0.15) is 5.69 Å². The van der Waals surface area contributed by atoms with Gasteiger partial charge < -0.3 is 10.6 Å². The minimum Gasteiger partial charge on any atom is -0.354 e. The van der Waals surface area contributed by atoms with Crippen LogP contribution in [0.15, 0.2) is 24.3 Å². The van der Waals surface area contributed by atoms with Gasteiger partial charge in [-0.05, 0) is 44.0 Å². The van der Waals surface area contributed by atoms with E-state index in [0.29, 0.717) is 22.4 Å². The molecular weight excluding hydrogens is 324 g/mol. The van der Waals surface area contributed by atoms with Gasteiger partial charge in [-0.2, -0.15) is 0 Å². The molecule has 0 aliphatic heterocycles. The van der Waals surface area contributed by atoms with Crippen LogP contribution in [0.25, 0.3) is 0 Å². The maximum absolute atomic E-state index is 12.4. The van der Waals surface area contributed by atoms with Crippen LogP contribution in [-0.4, -0.2) is 22.4 Å². The molecule has 0 saturated carbocycles. The lowest BCUT2D eigenvalue weighted by atomic mass is 10.2. The zero-order valence-corrected chi connectivity index (χ0v) is 15.1. The molecule has 1 amide bonds. The van der Waals surface area contributed by atoms with E-state index in [1.54, 1.807) is 12.1 Å². The highest BCUT2D eigenvalue weighted by Gasteiger charge is 2.11. The van der Waals surface area contributed by atoms with E-state index in [2.05, 4.69) is 27.5 Å². The van der Waals surface area contributed by atoms with Gasteiger partial charge in [0, 0.05) is 22.9 Å². The third-order valence-electron chi connectivity index (χ3n) is 3.58. The fourth-order valence-corrected chi connectivity index (χ4v) is 2.39. The number of benzene rings is 1. The average molecular weight is 347 g/mol. The minimum absolute atomic E-state index is 0.281. The number of aromatic nitrogens is 2. The SMILES string of the molecule is CCCCCNc1nc(C)cc(C(=O)Nc2ccc(C)c(Cl)c2)n1. The molecule has 0 unspecified atom stereocenters. The lowest BCUT2D eigenvalue weighted by Gasteiger charge is -2.09. The van der Waals surface area contributed by atoms with Crippen molar-refractivity contribution < 1.29 is 4.79 Å². The second-order valence-electron chi connectivity index (χ2n) is 5.77. The minimum atomic E-state index is -0.281. The Hall–Kier alpha value is -2.14. The molecule has 1 heterocycles. The van der Waals surface area contributed by atoms with Crippen LogP contribution in [0.3, 0.4) is 0 Å². The van der Waals surface area contributed by atoms with Crippen LogP contribution in [0.4, 0.5) is 11.6 Å². The second kappa shape index (κ2) is 8.64. The van der Waals surface area contributed by atoms with Crippen molar-refractivity contribution in [1.82, 2.24) is 9.97 Å². The van der Waals surface area contributed by atoms with Gasteiger partial charge in [0.25, 0.3) is 5.91 Å². The summed E-state index contributed by atoms with van der Waals surface area (Å²) in [6.45, 7) is 6.71. The molecule has 2 rings (SSSR count). The summed E-state index contributed by atoms with van der Waals surface area (Å²) >= 11 is 6.09. The molecule has 0 spiro atoms. The molecule has 0 fully saturated rings. The molecule has 0 bridgehead atoms. The van der Waals surface area contributed by atoms with Crippen LogP contribution in [0.5, 0.6) is 0 Å². The maximum atomic E-state index is 12.4. The predicted molar refractivity (Wildman–Crippen MR) is 98.9 cm³/mol. The summed E-state index contributed by atoms with van der Waals surface area (Å²) in [7, 11) is 0. The van der Waals surface area contributed by atoms with E-state index < -0.39 is 0 Å². The number of unbranched alkanes of at least 4 members (excludes halogenated alkanes) is 2. The van der Waals surface area contributed by atoms with E-state index in [4.69, 9.17) is 11.6 Å². The van der Waals surface area contributed by atoms with Crippen molar-refractivity contribution in [2.24, 2.45) is 0 Å². The molecule has 24 heavy (non-hydrogen) atoms. The number of nitrogens with zero attached hydrogens (tertiary/aromatic N) is 2. The molecular formula is C18H23ClN4O. The summed E-state index contributed by atoms with van der Waals surface area (Å²) in [6.07, 6.45) is 3.36. The summed E-state index contributed by atoms with van der Waals surface area (Å²) in [5, 5.41) is 6.60. The Kier molecular flexibility index (Phi) is 6.55. The van der Waals surface area contributed by atoms with E-state index in [-0.39, 0.29) is 5.91 Å². The largest absolute Gasteiger partial charge is 0.354 e. The normalized spacial score (nSPS) is 10.5. The first-order valence-electron chi connectivity index (χ1n) is 8.16. The van der Waals surface area contributed by atoms with E-state index in [9.17, 15) is 4.79 Å². The molecule has 0 aliphatic carbocycles. The van der Waals surface area contributed by atoms with Crippen molar-refractivity contribution in [3.05, 3.63) is 46.2 Å². The van der Waals surface area contributed by atoms with Crippen LogP contribution in [0, 0.1) is 13.8 Å². The highest BCUT2D eigenvalue weighted by Crippen LogP contribution is 2.20. The summed E-state index contributed by atoms with van der Waals surface area (Å²) in [4.78, 5) is 21.0. The fraction of sp³-hybridized carbons (Fsp3) is 0.389. The van der Waals surface area contributed by atoms with Crippen molar-refractivity contribution >= 4 is 29.1 Å². The van der Waals surface area contributed by atoms with Gasteiger partial charge in [-0.15, -0.1) is 0 Å². The van der Waals surface area contributed by atoms with Crippen LogP contribution >= 0.6 is 11.6 Å². The van der Waals surface area contributed by atoms with E-state index >= 15 is 0 Å². The molecule has 1 aromatic heterocycles. The molecule has 6 heteroatoms. The Morgan fingerprint density at radius 1 is 1.17 bits per heavy atom. The van der Waals surface area contributed by atoms with Crippen molar-refractivity contribution in [2.45, 2.75) is 40.0 Å². The van der Waals surface area contributed by atoms with Gasteiger partial charge in [-0.25, -0.2) is 9.97 Å².